The Labute approximate surface area is 103 Å². The fraction of sp³-hybridized carbons (Fsp3) is 0.455. The summed E-state index contributed by atoms with van der Waals surface area (Å²) < 4.78 is 5.08. The van der Waals surface area contributed by atoms with Crippen LogP contribution in [0, 0.1) is 6.92 Å². The van der Waals surface area contributed by atoms with Crippen LogP contribution in [0.25, 0.3) is 0 Å². The fourth-order valence-electron chi connectivity index (χ4n) is 1.81. The van der Waals surface area contributed by atoms with Crippen LogP contribution >= 0.6 is 0 Å². The van der Waals surface area contributed by atoms with Crippen molar-refractivity contribution in [1.29, 1.82) is 0 Å². The predicted octanol–water partition coefficient (Wildman–Crippen LogP) is -0.289. The monoisotopic (exact) mass is 251 g/mol. The summed E-state index contributed by atoms with van der Waals surface area (Å²) in [6.07, 6.45) is 2.75. The molecule has 0 bridgehead atoms. The summed E-state index contributed by atoms with van der Waals surface area (Å²) in [5.74, 6) is -1.44. The van der Waals surface area contributed by atoms with Crippen LogP contribution in [0.1, 0.15) is 16.1 Å². The number of aliphatic carboxylic acids is 1. The second kappa shape index (κ2) is 5.09. The number of morpholine rings is 1. The summed E-state index contributed by atoms with van der Waals surface area (Å²) in [6, 6.07) is -0.953. The van der Waals surface area contributed by atoms with Crippen LogP contribution in [0.4, 0.5) is 0 Å². The second-order valence-corrected chi connectivity index (χ2v) is 3.95. The summed E-state index contributed by atoms with van der Waals surface area (Å²) in [6.45, 7) is 2.28. The maximum atomic E-state index is 12.3. The van der Waals surface area contributed by atoms with Crippen LogP contribution in [-0.2, 0) is 9.53 Å². The summed E-state index contributed by atoms with van der Waals surface area (Å²) >= 11 is 0. The molecule has 0 radical (unpaired) electrons. The van der Waals surface area contributed by atoms with Gasteiger partial charge < -0.3 is 14.7 Å². The molecule has 1 atom stereocenters. The molecule has 7 heteroatoms. The number of ether oxygens (including phenoxy) is 1. The van der Waals surface area contributed by atoms with Gasteiger partial charge in [-0.05, 0) is 6.92 Å². The Kier molecular flexibility index (Phi) is 3.52. The molecule has 1 aromatic heterocycles. The number of hydrogen-bond donors (Lipinski definition) is 1. The molecular weight excluding hydrogens is 238 g/mol. The van der Waals surface area contributed by atoms with E-state index in [-0.39, 0.29) is 19.1 Å². The standard InChI is InChI=1S/C11H13N3O4/c1-7-8(4-12-6-13-7)10(15)14-2-3-18-5-9(14)11(16)17/h4,6,9H,2-3,5H2,1H3,(H,16,17). The van der Waals surface area contributed by atoms with E-state index >= 15 is 0 Å². The largest absolute Gasteiger partial charge is 0.480 e. The van der Waals surface area contributed by atoms with Gasteiger partial charge in [0.15, 0.2) is 6.04 Å². The first-order valence-electron chi connectivity index (χ1n) is 5.49. The minimum atomic E-state index is -1.07. The molecule has 2 rings (SSSR count). The molecule has 0 saturated carbocycles. The molecule has 0 aromatic carbocycles. The molecule has 1 unspecified atom stereocenters. The van der Waals surface area contributed by atoms with E-state index in [1.54, 1.807) is 6.92 Å². The van der Waals surface area contributed by atoms with Crippen LogP contribution in [0.5, 0.6) is 0 Å². The van der Waals surface area contributed by atoms with E-state index in [1.807, 2.05) is 0 Å². The molecule has 1 saturated heterocycles. The number of carboxylic acids is 1. The molecule has 18 heavy (non-hydrogen) atoms. The lowest BCUT2D eigenvalue weighted by Crippen LogP contribution is -2.52. The molecule has 1 aliphatic heterocycles. The first kappa shape index (κ1) is 12.4. The maximum Gasteiger partial charge on any atom is 0.328 e. The molecular formula is C11H13N3O4. The highest BCUT2D eigenvalue weighted by molar-refractivity contribution is 5.97. The smallest absolute Gasteiger partial charge is 0.328 e. The normalized spacial score (nSPS) is 19.6. The number of carbonyl (C=O) groups excluding carboxylic acids is 1. The van der Waals surface area contributed by atoms with E-state index < -0.39 is 12.0 Å². The number of carboxylic acid groups (broad SMARTS) is 1. The molecule has 0 aliphatic carbocycles. The van der Waals surface area contributed by atoms with Crippen molar-refractivity contribution < 1.29 is 19.4 Å². The minimum Gasteiger partial charge on any atom is -0.480 e. The van der Waals surface area contributed by atoms with Crippen LogP contribution in [0.2, 0.25) is 0 Å². The van der Waals surface area contributed by atoms with Crippen molar-refractivity contribution >= 4 is 11.9 Å². The molecule has 1 N–H and O–H groups in total. The first-order valence-corrected chi connectivity index (χ1v) is 5.49. The Bertz CT molecular complexity index is 477. The summed E-state index contributed by atoms with van der Waals surface area (Å²) in [5, 5.41) is 9.07. The topological polar surface area (TPSA) is 92.6 Å². The molecule has 7 nitrogen and oxygen atoms in total. The van der Waals surface area contributed by atoms with Gasteiger partial charge in [0.2, 0.25) is 0 Å². The summed E-state index contributed by atoms with van der Waals surface area (Å²) in [4.78, 5) is 32.4. The van der Waals surface area contributed by atoms with E-state index in [0.29, 0.717) is 17.9 Å². The van der Waals surface area contributed by atoms with Crippen molar-refractivity contribution in [2.75, 3.05) is 19.8 Å². The van der Waals surface area contributed by atoms with Crippen molar-refractivity contribution in [3.05, 3.63) is 23.8 Å². The number of hydrogen-bond acceptors (Lipinski definition) is 5. The Morgan fingerprint density at radius 2 is 2.33 bits per heavy atom. The third kappa shape index (κ3) is 2.30. The number of aryl methyl sites for hydroxylation is 1. The zero-order chi connectivity index (χ0) is 13.1. The number of carbonyl (C=O) groups is 2. The van der Waals surface area contributed by atoms with E-state index in [2.05, 4.69) is 9.97 Å². The average Bonchev–Trinajstić information content (AvgIpc) is 2.38. The molecule has 0 spiro atoms. The number of amides is 1. The van der Waals surface area contributed by atoms with E-state index in [9.17, 15) is 9.59 Å². The van der Waals surface area contributed by atoms with E-state index in [0.717, 1.165) is 0 Å². The van der Waals surface area contributed by atoms with Crippen LogP contribution in [-0.4, -0.2) is 57.7 Å². The van der Waals surface area contributed by atoms with Crippen molar-refractivity contribution in [1.82, 2.24) is 14.9 Å². The molecule has 1 aromatic rings. The Hall–Kier alpha value is -2.02. The van der Waals surface area contributed by atoms with Crippen LogP contribution in [0.15, 0.2) is 12.5 Å². The Morgan fingerprint density at radius 1 is 1.56 bits per heavy atom. The Morgan fingerprint density at radius 3 is 3.00 bits per heavy atom. The van der Waals surface area contributed by atoms with E-state index in [1.165, 1.54) is 17.4 Å². The zero-order valence-corrected chi connectivity index (χ0v) is 9.87. The lowest BCUT2D eigenvalue weighted by molar-refractivity contribution is -0.147. The Balaban J connectivity index is 2.27. The molecule has 1 fully saturated rings. The van der Waals surface area contributed by atoms with E-state index in [4.69, 9.17) is 9.84 Å². The molecule has 1 aliphatic rings. The van der Waals surface area contributed by atoms with Gasteiger partial charge in [0, 0.05) is 12.7 Å². The highest BCUT2D eigenvalue weighted by Gasteiger charge is 2.33. The number of rotatable bonds is 2. The van der Waals surface area contributed by atoms with Gasteiger partial charge in [0.25, 0.3) is 5.91 Å². The van der Waals surface area contributed by atoms with Gasteiger partial charge in [-0.2, -0.15) is 0 Å². The van der Waals surface area contributed by atoms with Gasteiger partial charge >= 0.3 is 5.97 Å². The molecule has 2 heterocycles. The third-order valence-corrected chi connectivity index (χ3v) is 2.82. The van der Waals surface area contributed by atoms with Gasteiger partial charge in [-0.1, -0.05) is 0 Å². The van der Waals surface area contributed by atoms with Crippen molar-refractivity contribution in [3.63, 3.8) is 0 Å². The molecule has 96 valence electrons. The SMILES string of the molecule is Cc1ncncc1C(=O)N1CCOCC1C(=O)O. The van der Waals surface area contributed by atoms with Gasteiger partial charge in [-0.3, -0.25) is 4.79 Å². The fourth-order valence-corrected chi connectivity index (χ4v) is 1.81. The van der Waals surface area contributed by atoms with Gasteiger partial charge in [0.1, 0.15) is 6.33 Å². The predicted molar refractivity (Wildman–Crippen MR) is 60.0 cm³/mol. The zero-order valence-electron chi connectivity index (χ0n) is 9.87. The number of nitrogens with zero attached hydrogens (tertiary/aromatic N) is 3. The van der Waals surface area contributed by atoms with Crippen molar-refractivity contribution in [2.45, 2.75) is 13.0 Å². The van der Waals surface area contributed by atoms with Gasteiger partial charge in [-0.25, -0.2) is 14.8 Å². The van der Waals surface area contributed by atoms with Crippen LogP contribution in [0.3, 0.4) is 0 Å². The quantitative estimate of drug-likeness (QED) is 0.776. The molecule has 1 amide bonds. The maximum absolute atomic E-state index is 12.3. The second-order valence-electron chi connectivity index (χ2n) is 3.95. The van der Waals surface area contributed by atoms with Crippen LogP contribution < -0.4 is 0 Å². The van der Waals surface area contributed by atoms with Gasteiger partial charge in [0.05, 0.1) is 24.5 Å². The third-order valence-electron chi connectivity index (χ3n) is 2.82. The number of aromatic nitrogens is 2. The lowest BCUT2D eigenvalue weighted by Gasteiger charge is -2.32. The minimum absolute atomic E-state index is 0.00775. The first-order chi connectivity index (χ1) is 8.61. The highest BCUT2D eigenvalue weighted by atomic mass is 16.5. The van der Waals surface area contributed by atoms with Crippen molar-refractivity contribution in [3.8, 4) is 0 Å². The highest BCUT2D eigenvalue weighted by Crippen LogP contribution is 2.13. The van der Waals surface area contributed by atoms with Gasteiger partial charge in [-0.15, -0.1) is 0 Å². The van der Waals surface area contributed by atoms with Crippen molar-refractivity contribution in [2.24, 2.45) is 0 Å². The lowest BCUT2D eigenvalue weighted by atomic mass is 10.1. The summed E-state index contributed by atoms with van der Waals surface area (Å²) in [5.41, 5.74) is 0.858. The average molecular weight is 251 g/mol. The summed E-state index contributed by atoms with van der Waals surface area (Å²) in [7, 11) is 0.